The zero-order valence-corrected chi connectivity index (χ0v) is 24.3. The van der Waals surface area contributed by atoms with Crippen molar-refractivity contribution in [3.05, 3.63) is 141 Å². The molecule has 45 heavy (non-hydrogen) atoms. The maximum Gasteiger partial charge on any atom is 0.306 e. The number of hydrogen-bond acceptors (Lipinski definition) is 6. The number of benzene rings is 4. The highest BCUT2D eigenvalue weighted by Crippen LogP contribution is 2.31. The van der Waals surface area contributed by atoms with E-state index < -0.39 is 24.5 Å². The van der Waals surface area contributed by atoms with Crippen molar-refractivity contribution < 1.29 is 28.2 Å². The number of carbonyl (C=O) groups excluding carboxylic acids is 1. The first kappa shape index (κ1) is 31.4. The number of H-pyrrole nitrogens is 1. The van der Waals surface area contributed by atoms with Gasteiger partial charge in [0.2, 0.25) is 11.5 Å². The number of primary amides is 1. The Morgan fingerprint density at radius 3 is 2.44 bits per heavy atom. The first-order valence-electron chi connectivity index (χ1n) is 14.4. The Labute approximate surface area is 258 Å². The lowest BCUT2D eigenvalue weighted by Crippen LogP contribution is -2.24. The number of aliphatic hydroxyl groups excluding tert-OH is 1. The first-order chi connectivity index (χ1) is 21.7. The normalized spacial score (nSPS) is 12.2. The smallest absolute Gasteiger partial charge is 0.306 e. The van der Waals surface area contributed by atoms with Crippen LogP contribution in [0.1, 0.15) is 38.7 Å². The van der Waals surface area contributed by atoms with Gasteiger partial charge in [-0.2, -0.15) is 8.78 Å². The average molecular weight is 614 g/mol. The minimum atomic E-state index is -3.31. The van der Waals surface area contributed by atoms with Gasteiger partial charge in [0.25, 0.3) is 0 Å². The molecule has 1 atom stereocenters. The second kappa shape index (κ2) is 14.1. The highest BCUT2D eigenvalue weighted by atomic mass is 19.3. The Bertz CT molecular complexity index is 1810. The molecule has 0 saturated carbocycles. The number of pyridine rings is 1. The SMILES string of the molecule is NC(=O)c1cccc(C(F)(F)COc2ccc(CCNC[C@@H](O)c3ccc(OCc4ccccc4)c4[nH]c(=O)ccc34)cc2)c1. The van der Waals surface area contributed by atoms with E-state index in [0.29, 0.717) is 41.8 Å². The van der Waals surface area contributed by atoms with Crippen molar-refractivity contribution in [1.29, 1.82) is 0 Å². The Balaban J connectivity index is 1.13. The van der Waals surface area contributed by atoms with Crippen LogP contribution in [0.3, 0.4) is 0 Å². The van der Waals surface area contributed by atoms with Crippen molar-refractivity contribution in [3.63, 3.8) is 0 Å². The standard InChI is InChI=1S/C35H33F2N3O5/c36-35(37,26-8-4-7-25(19-26)34(38)43)22-45-27-11-9-23(10-12-27)17-18-39-20-30(41)28-13-15-31(33-29(28)14-16-32(42)40-33)44-21-24-5-2-1-3-6-24/h1-16,19,30,39,41H,17-18,20-22H2,(H2,38,43)(H,40,42)/t30-/m1/s1. The van der Waals surface area contributed by atoms with Crippen LogP contribution in [-0.4, -0.2) is 35.7 Å². The molecule has 0 aliphatic carbocycles. The van der Waals surface area contributed by atoms with Crippen molar-refractivity contribution in [2.75, 3.05) is 19.7 Å². The largest absolute Gasteiger partial charge is 0.487 e. The summed E-state index contributed by atoms with van der Waals surface area (Å²) >= 11 is 0. The third-order valence-corrected chi connectivity index (χ3v) is 7.33. The first-order valence-corrected chi connectivity index (χ1v) is 14.4. The summed E-state index contributed by atoms with van der Waals surface area (Å²) in [6.07, 6.45) is -0.216. The fourth-order valence-corrected chi connectivity index (χ4v) is 4.89. The molecule has 5 aromatic rings. The Morgan fingerprint density at radius 1 is 0.911 bits per heavy atom. The van der Waals surface area contributed by atoms with E-state index >= 15 is 0 Å². The summed E-state index contributed by atoms with van der Waals surface area (Å²) in [5.41, 5.74) is 7.70. The number of carbonyl (C=O) groups is 1. The molecule has 5 N–H and O–H groups in total. The van der Waals surface area contributed by atoms with Gasteiger partial charge in [0.15, 0.2) is 6.61 Å². The molecule has 0 saturated heterocycles. The van der Waals surface area contributed by atoms with Crippen LogP contribution in [0.5, 0.6) is 11.5 Å². The summed E-state index contributed by atoms with van der Waals surface area (Å²) in [6.45, 7) is 0.268. The number of aromatic amines is 1. The number of hydrogen-bond donors (Lipinski definition) is 4. The fourth-order valence-electron chi connectivity index (χ4n) is 4.89. The fraction of sp³-hybridized carbons (Fsp3) is 0.200. The molecule has 1 heterocycles. The number of fused-ring (bicyclic) bond motifs is 1. The zero-order valence-electron chi connectivity index (χ0n) is 24.3. The second-order valence-electron chi connectivity index (χ2n) is 10.6. The number of rotatable bonds is 14. The maximum atomic E-state index is 14.7. The van der Waals surface area contributed by atoms with Gasteiger partial charge in [0.05, 0.1) is 11.6 Å². The molecule has 232 valence electrons. The molecule has 4 aromatic carbocycles. The molecule has 10 heteroatoms. The predicted molar refractivity (Wildman–Crippen MR) is 168 cm³/mol. The van der Waals surface area contributed by atoms with Crippen LogP contribution in [0, 0.1) is 0 Å². The lowest BCUT2D eigenvalue weighted by atomic mass is 10.0. The quantitative estimate of drug-likeness (QED) is 0.127. The second-order valence-corrected chi connectivity index (χ2v) is 10.6. The lowest BCUT2D eigenvalue weighted by Gasteiger charge is -2.18. The van der Waals surface area contributed by atoms with E-state index in [1.165, 1.54) is 24.3 Å². The summed E-state index contributed by atoms with van der Waals surface area (Å²) in [7, 11) is 0. The number of ether oxygens (including phenoxy) is 2. The summed E-state index contributed by atoms with van der Waals surface area (Å²) in [6, 6.07) is 28.2. The highest BCUT2D eigenvalue weighted by Gasteiger charge is 2.33. The van der Waals surface area contributed by atoms with E-state index in [1.54, 1.807) is 42.5 Å². The molecule has 0 fully saturated rings. The average Bonchev–Trinajstić information content (AvgIpc) is 3.05. The van der Waals surface area contributed by atoms with Gasteiger partial charge in [0.1, 0.15) is 18.1 Å². The van der Waals surface area contributed by atoms with Crippen molar-refractivity contribution in [2.45, 2.75) is 25.1 Å². The molecular weight excluding hydrogens is 580 g/mol. The zero-order chi connectivity index (χ0) is 31.8. The number of aromatic nitrogens is 1. The van der Waals surface area contributed by atoms with Crippen LogP contribution in [0.2, 0.25) is 0 Å². The van der Waals surface area contributed by atoms with Gasteiger partial charge in [-0.3, -0.25) is 9.59 Å². The molecule has 0 bridgehead atoms. The van der Waals surface area contributed by atoms with Gasteiger partial charge in [-0.05, 0) is 66.1 Å². The Kier molecular flexibility index (Phi) is 9.86. The molecule has 0 radical (unpaired) electrons. The number of nitrogens with two attached hydrogens (primary N) is 1. The van der Waals surface area contributed by atoms with Gasteiger partial charge in [-0.1, -0.05) is 60.7 Å². The van der Waals surface area contributed by atoms with E-state index in [-0.39, 0.29) is 29.0 Å². The van der Waals surface area contributed by atoms with E-state index in [9.17, 15) is 23.5 Å². The lowest BCUT2D eigenvalue weighted by molar-refractivity contribution is -0.0467. The summed E-state index contributed by atoms with van der Waals surface area (Å²) in [5.74, 6) is -3.29. The molecule has 8 nitrogen and oxygen atoms in total. The van der Waals surface area contributed by atoms with Crippen LogP contribution >= 0.6 is 0 Å². The molecule has 0 aliphatic heterocycles. The number of amides is 1. The topological polar surface area (TPSA) is 127 Å². The predicted octanol–water partition coefficient (Wildman–Crippen LogP) is 5.24. The van der Waals surface area contributed by atoms with Crippen LogP contribution in [0.4, 0.5) is 8.78 Å². The van der Waals surface area contributed by atoms with Gasteiger partial charge in [0, 0.05) is 29.1 Å². The third-order valence-electron chi connectivity index (χ3n) is 7.33. The third kappa shape index (κ3) is 8.11. The number of nitrogens with one attached hydrogen (secondary N) is 2. The minimum absolute atomic E-state index is 0.00406. The van der Waals surface area contributed by atoms with Crippen LogP contribution in [0.15, 0.2) is 108 Å². The molecule has 0 spiro atoms. The van der Waals surface area contributed by atoms with Crippen molar-refractivity contribution in [3.8, 4) is 11.5 Å². The minimum Gasteiger partial charge on any atom is -0.487 e. The van der Waals surface area contributed by atoms with Crippen LogP contribution in [0.25, 0.3) is 10.9 Å². The summed E-state index contributed by atoms with van der Waals surface area (Å²) in [5, 5.41) is 14.9. The van der Waals surface area contributed by atoms with Crippen LogP contribution in [-0.2, 0) is 19.0 Å². The van der Waals surface area contributed by atoms with Crippen molar-refractivity contribution in [2.24, 2.45) is 5.73 Å². The molecule has 0 unspecified atom stereocenters. The maximum absolute atomic E-state index is 14.7. The highest BCUT2D eigenvalue weighted by molar-refractivity contribution is 5.93. The monoisotopic (exact) mass is 613 g/mol. The molecular formula is C35H33F2N3O5. The van der Waals surface area contributed by atoms with E-state index in [2.05, 4.69) is 10.3 Å². The molecule has 1 amide bonds. The van der Waals surface area contributed by atoms with Gasteiger partial charge < -0.3 is 30.6 Å². The molecule has 1 aromatic heterocycles. The van der Waals surface area contributed by atoms with Gasteiger partial charge in [-0.25, -0.2) is 0 Å². The van der Waals surface area contributed by atoms with Crippen molar-refractivity contribution in [1.82, 2.24) is 10.3 Å². The molecule has 0 aliphatic rings. The van der Waals surface area contributed by atoms with E-state index in [4.69, 9.17) is 15.2 Å². The van der Waals surface area contributed by atoms with E-state index in [0.717, 1.165) is 17.2 Å². The van der Waals surface area contributed by atoms with Crippen molar-refractivity contribution >= 4 is 16.8 Å². The van der Waals surface area contributed by atoms with E-state index in [1.807, 2.05) is 30.3 Å². The number of aliphatic hydroxyl groups is 1. The van der Waals surface area contributed by atoms with Gasteiger partial charge >= 0.3 is 5.92 Å². The number of alkyl halides is 2. The number of halogens is 2. The summed E-state index contributed by atoms with van der Waals surface area (Å²) < 4.78 is 40.6. The summed E-state index contributed by atoms with van der Waals surface area (Å²) in [4.78, 5) is 26.2. The Hall–Kier alpha value is -5.06. The van der Waals surface area contributed by atoms with Gasteiger partial charge in [-0.15, -0.1) is 0 Å². The Morgan fingerprint density at radius 2 is 1.69 bits per heavy atom. The molecule has 5 rings (SSSR count). The van der Waals surface area contributed by atoms with Crippen LogP contribution < -0.4 is 26.1 Å².